The summed E-state index contributed by atoms with van der Waals surface area (Å²) in [5.41, 5.74) is 9.47. The van der Waals surface area contributed by atoms with E-state index in [4.69, 9.17) is 46.9 Å². The number of pyridine rings is 2. The number of carbonyl (C=O) groups is 1. The fraction of sp³-hybridized carbons (Fsp3) is 0.275. The molecular weight excluding hydrogens is 896 g/mol. The van der Waals surface area contributed by atoms with Crippen LogP contribution in [0.15, 0.2) is 97.6 Å². The Morgan fingerprint density at radius 1 is 0.642 bits per heavy atom. The maximum atomic E-state index is 12.2. The fourth-order valence-electron chi connectivity index (χ4n) is 7.02. The summed E-state index contributed by atoms with van der Waals surface area (Å²) < 4.78 is 30.0. The maximum Gasteiger partial charge on any atom is 0.325 e. The lowest BCUT2D eigenvalue weighted by molar-refractivity contribution is -0.144. The molecule has 0 bridgehead atoms. The number of aliphatic hydroxyl groups excluding tert-OH is 2. The molecule has 14 nitrogen and oxygen atoms in total. The Bertz CT molecular complexity index is 2780. The van der Waals surface area contributed by atoms with Crippen molar-refractivity contribution >= 4 is 29.2 Å². The Balaban J connectivity index is 1.20. The predicted octanol–water partition coefficient (Wildman–Crippen LogP) is 8.22. The van der Waals surface area contributed by atoms with Crippen molar-refractivity contribution < 1.29 is 38.7 Å². The summed E-state index contributed by atoms with van der Waals surface area (Å²) in [7, 11) is 1.24. The molecule has 4 N–H and O–H groups in total. The fourth-order valence-corrected chi connectivity index (χ4v) is 7.50. The molecule has 67 heavy (non-hydrogen) atoms. The minimum absolute atomic E-state index is 0.0373. The van der Waals surface area contributed by atoms with Crippen LogP contribution in [0.2, 0.25) is 10.0 Å². The summed E-state index contributed by atoms with van der Waals surface area (Å²) in [6, 6.07) is 25.4. The van der Waals surface area contributed by atoms with E-state index in [-0.39, 0.29) is 45.6 Å². The van der Waals surface area contributed by atoms with Gasteiger partial charge in [0.05, 0.1) is 41.5 Å². The van der Waals surface area contributed by atoms with Crippen molar-refractivity contribution in [2.45, 2.75) is 72.4 Å². The lowest BCUT2D eigenvalue weighted by Crippen LogP contribution is -2.40. The lowest BCUT2D eigenvalue weighted by Gasteiger charge is -2.19. The van der Waals surface area contributed by atoms with Crippen LogP contribution in [0.25, 0.3) is 11.1 Å². The van der Waals surface area contributed by atoms with Crippen molar-refractivity contribution in [1.29, 1.82) is 10.5 Å². The average molecular weight is 946 g/mol. The van der Waals surface area contributed by atoms with Gasteiger partial charge < -0.3 is 39.2 Å². The number of esters is 1. The quantitative estimate of drug-likeness (QED) is 0.0474. The molecule has 0 aliphatic rings. The SMILES string of the molecule is COC(=O)C(CO)NCc1cc(Cl)c(OCc2cccc(-c3cccc(COc4cc(OCc5cncc(C#N)c5)c(CNC(C)CO)cc4Cl)c3C)c2C)cc1OCc1cncc(C#N)c1. The van der Waals surface area contributed by atoms with Gasteiger partial charge >= 0.3 is 5.97 Å². The maximum absolute atomic E-state index is 12.2. The highest BCUT2D eigenvalue weighted by molar-refractivity contribution is 6.32. The predicted molar refractivity (Wildman–Crippen MR) is 253 cm³/mol. The molecule has 0 aliphatic carbocycles. The zero-order valence-electron chi connectivity index (χ0n) is 37.4. The van der Waals surface area contributed by atoms with Gasteiger partial charge in [0, 0.05) is 78.3 Å². The number of carbonyl (C=O) groups excluding carboxylic acids is 1. The third-order valence-electron chi connectivity index (χ3n) is 10.9. The number of hydrogen-bond acceptors (Lipinski definition) is 14. The Labute approximate surface area is 399 Å². The first-order valence-corrected chi connectivity index (χ1v) is 22.0. The summed E-state index contributed by atoms with van der Waals surface area (Å²) in [5.74, 6) is 1.10. The highest BCUT2D eigenvalue weighted by Crippen LogP contribution is 2.37. The molecule has 0 radical (unpaired) electrons. The van der Waals surface area contributed by atoms with Crippen LogP contribution in [-0.4, -0.2) is 58.6 Å². The van der Waals surface area contributed by atoms with E-state index in [1.165, 1.54) is 19.5 Å². The first-order chi connectivity index (χ1) is 32.4. The van der Waals surface area contributed by atoms with Crippen LogP contribution in [0.5, 0.6) is 23.0 Å². The van der Waals surface area contributed by atoms with Gasteiger partial charge in [0.15, 0.2) is 0 Å². The van der Waals surface area contributed by atoms with Gasteiger partial charge in [-0.15, -0.1) is 0 Å². The number of hydrogen-bond donors (Lipinski definition) is 4. The second-order valence-corrected chi connectivity index (χ2v) is 16.4. The molecule has 4 aromatic carbocycles. The van der Waals surface area contributed by atoms with Crippen molar-refractivity contribution in [1.82, 2.24) is 20.6 Å². The van der Waals surface area contributed by atoms with Crippen LogP contribution in [0.4, 0.5) is 0 Å². The van der Waals surface area contributed by atoms with Gasteiger partial charge in [-0.1, -0.05) is 59.6 Å². The van der Waals surface area contributed by atoms with Crippen LogP contribution in [0.3, 0.4) is 0 Å². The van der Waals surface area contributed by atoms with Crippen molar-refractivity contribution in [2.24, 2.45) is 0 Å². The number of nitriles is 2. The van der Waals surface area contributed by atoms with Gasteiger partial charge in [0.1, 0.15) is 67.6 Å². The van der Waals surface area contributed by atoms with Gasteiger partial charge in [-0.25, -0.2) is 0 Å². The third-order valence-corrected chi connectivity index (χ3v) is 11.5. The number of methoxy groups -OCH3 is 1. The molecule has 16 heteroatoms. The second kappa shape index (κ2) is 24.1. The summed E-state index contributed by atoms with van der Waals surface area (Å²) in [5, 5.41) is 45.0. The molecule has 0 saturated heterocycles. The molecular formula is C51H50Cl2N6O8. The number of rotatable bonds is 22. The minimum atomic E-state index is -0.971. The first-order valence-electron chi connectivity index (χ1n) is 21.2. The van der Waals surface area contributed by atoms with E-state index in [0.29, 0.717) is 61.8 Å². The van der Waals surface area contributed by atoms with E-state index in [0.717, 1.165) is 44.5 Å². The number of nitrogens with one attached hydrogen (secondary N) is 2. The normalized spacial score (nSPS) is 11.8. The average Bonchev–Trinajstić information content (AvgIpc) is 3.35. The van der Waals surface area contributed by atoms with E-state index in [2.05, 4.69) is 44.9 Å². The minimum Gasteiger partial charge on any atom is -0.488 e. The standard InChI is InChI=1S/C51H50Cl2N6O8/c1-31(25-60)58-23-40-13-44(52)49(15-47(40)64-27-36-11-34(17-54)19-56-21-36)66-29-38-7-5-9-42(32(38)2)43-10-6-8-39(33(43)3)30-67-50-16-48(65-28-37-12-35(18-55)20-57-22-37)41(14-45(50)53)24-59-46(26-61)51(62)63-4/h5-16,19-22,31,46,58-61H,23-30H2,1-4H3. The molecule has 6 aromatic rings. The highest BCUT2D eigenvalue weighted by Gasteiger charge is 2.21. The molecule has 0 fully saturated rings. The number of ether oxygens (including phenoxy) is 5. The summed E-state index contributed by atoms with van der Waals surface area (Å²) in [4.78, 5) is 20.4. The van der Waals surface area contributed by atoms with Gasteiger partial charge in [0.2, 0.25) is 0 Å². The van der Waals surface area contributed by atoms with Gasteiger partial charge in [-0.3, -0.25) is 20.1 Å². The Morgan fingerprint density at radius 3 is 1.54 bits per heavy atom. The molecule has 0 spiro atoms. The van der Waals surface area contributed by atoms with Crippen LogP contribution in [-0.2, 0) is 49.0 Å². The van der Waals surface area contributed by atoms with Gasteiger partial charge in [-0.2, -0.15) is 10.5 Å². The molecule has 0 saturated carbocycles. The van der Waals surface area contributed by atoms with E-state index in [9.17, 15) is 25.5 Å². The summed E-state index contributed by atoms with van der Waals surface area (Å²) >= 11 is 13.6. The van der Waals surface area contributed by atoms with Crippen molar-refractivity contribution in [3.8, 4) is 46.3 Å². The zero-order valence-corrected chi connectivity index (χ0v) is 38.9. The topological polar surface area (TPSA) is 201 Å². The monoisotopic (exact) mass is 944 g/mol. The second-order valence-electron chi connectivity index (χ2n) is 15.6. The highest BCUT2D eigenvalue weighted by atomic mass is 35.5. The summed E-state index contributed by atoms with van der Waals surface area (Å²) in [6.07, 6.45) is 6.20. The Kier molecular flexibility index (Phi) is 17.9. The van der Waals surface area contributed by atoms with Crippen LogP contribution in [0, 0.1) is 36.5 Å². The van der Waals surface area contributed by atoms with Crippen LogP contribution >= 0.6 is 23.2 Å². The van der Waals surface area contributed by atoms with Crippen molar-refractivity contribution in [3.63, 3.8) is 0 Å². The van der Waals surface area contributed by atoms with Crippen LogP contribution in [0.1, 0.15) is 62.6 Å². The molecule has 2 aromatic heterocycles. The van der Waals surface area contributed by atoms with Crippen LogP contribution < -0.4 is 29.6 Å². The molecule has 2 atom stereocenters. The zero-order chi connectivity index (χ0) is 47.9. The number of benzene rings is 4. The van der Waals surface area contributed by atoms with Gasteiger partial charge in [0.25, 0.3) is 0 Å². The largest absolute Gasteiger partial charge is 0.488 e. The molecule has 2 unspecified atom stereocenters. The lowest BCUT2D eigenvalue weighted by atomic mass is 9.92. The number of aromatic nitrogens is 2. The summed E-state index contributed by atoms with van der Waals surface area (Å²) in [6.45, 7) is 6.56. The third kappa shape index (κ3) is 13.2. The molecule has 346 valence electrons. The molecule has 0 aliphatic heterocycles. The van der Waals surface area contributed by atoms with Gasteiger partial charge in [-0.05, 0) is 78.4 Å². The van der Waals surface area contributed by atoms with E-state index >= 15 is 0 Å². The van der Waals surface area contributed by atoms with E-state index < -0.39 is 18.6 Å². The number of nitrogens with zero attached hydrogens (tertiary/aromatic N) is 4. The molecule has 0 amide bonds. The smallest absolute Gasteiger partial charge is 0.325 e. The first kappa shape index (κ1) is 49.7. The van der Waals surface area contributed by atoms with E-state index in [1.54, 1.807) is 48.8 Å². The molecule has 6 rings (SSSR count). The van der Waals surface area contributed by atoms with E-state index in [1.807, 2.05) is 45.0 Å². The Hall–Kier alpha value is -6.75. The molecule has 2 heterocycles. The Morgan fingerprint density at radius 2 is 1.10 bits per heavy atom. The van der Waals surface area contributed by atoms with Crippen molar-refractivity contribution in [3.05, 3.63) is 163 Å². The number of aliphatic hydroxyl groups is 2. The van der Waals surface area contributed by atoms with Crippen molar-refractivity contribution in [2.75, 3.05) is 20.3 Å². The number of halogens is 2.